The molecule has 0 aromatic carbocycles. The van der Waals surface area contributed by atoms with Crippen molar-refractivity contribution >= 4 is 11.7 Å². The number of aromatic carboxylic acids is 1. The second-order valence-corrected chi connectivity index (χ2v) is 2.33. The molecule has 0 aliphatic rings. The van der Waals surface area contributed by atoms with Crippen LogP contribution >= 0.6 is 0 Å². The summed E-state index contributed by atoms with van der Waals surface area (Å²) in [6.45, 7) is -0.765. The average Bonchev–Trinajstić information content (AvgIpc) is 2.30. The topological polar surface area (TPSA) is 81.1 Å². The van der Waals surface area contributed by atoms with Crippen molar-refractivity contribution in [3.63, 3.8) is 0 Å². The van der Waals surface area contributed by atoms with Crippen LogP contribution in [0.1, 0.15) is 10.5 Å². The fourth-order valence-electron chi connectivity index (χ4n) is 0.903. The highest BCUT2D eigenvalue weighted by atomic mass is 19.3. The predicted molar refractivity (Wildman–Crippen MR) is 39.6 cm³/mol. The third kappa shape index (κ3) is 1.92. The second kappa shape index (κ2) is 3.38. The Morgan fingerprint density at radius 2 is 2.38 bits per heavy atom. The lowest BCUT2D eigenvalue weighted by atomic mass is 10.4. The highest BCUT2D eigenvalue weighted by Crippen LogP contribution is 2.11. The van der Waals surface area contributed by atoms with Crippen molar-refractivity contribution < 1.29 is 18.7 Å². The Bertz CT molecular complexity index is 324. The number of nitrogens with two attached hydrogens (primary N) is 1. The van der Waals surface area contributed by atoms with E-state index in [1.165, 1.54) is 0 Å². The number of carbonyl (C=O) groups is 1. The van der Waals surface area contributed by atoms with Crippen molar-refractivity contribution in [2.75, 3.05) is 5.73 Å². The number of carboxylic acid groups (broad SMARTS) is 1. The van der Waals surface area contributed by atoms with Crippen LogP contribution in [0.25, 0.3) is 0 Å². The normalized spacial score (nSPS) is 10.7. The third-order valence-electron chi connectivity index (χ3n) is 1.38. The van der Waals surface area contributed by atoms with E-state index in [0.29, 0.717) is 4.68 Å². The number of carboxylic acids is 1. The minimum Gasteiger partial charge on any atom is -0.476 e. The first-order valence-electron chi connectivity index (χ1n) is 3.35. The van der Waals surface area contributed by atoms with Gasteiger partial charge in [0.1, 0.15) is 6.54 Å². The van der Waals surface area contributed by atoms with Crippen molar-refractivity contribution in [2.45, 2.75) is 13.0 Å². The van der Waals surface area contributed by atoms with E-state index in [9.17, 15) is 13.6 Å². The first kappa shape index (κ1) is 9.43. The highest BCUT2D eigenvalue weighted by Gasteiger charge is 2.17. The average molecular weight is 191 g/mol. The van der Waals surface area contributed by atoms with Gasteiger partial charge in [0.05, 0.1) is 11.9 Å². The fourth-order valence-corrected chi connectivity index (χ4v) is 0.903. The maximum absolute atomic E-state index is 11.9. The number of halogens is 2. The van der Waals surface area contributed by atoms with Gasteiger partial charge in [-0.25, -0.2) is 13.6 Å². The molecule has 5 nitrogen and oxygen atoms in total. The molecule has 1 aromatic rings. The summed E-state index contributed by atoms with van der Waals surface area (Å²) in [5.41, 5.74) is 4.69. The van der Waals surface area contributed by atoms with E-state index in [2.05, 4.69) is 5.10 Å². The summed E-state index contributed by atoms with van der Waals surface area (Å²) in [6.07, 6.45) is -1.62. The van der Waals surface area contributed by atoms with Crippen LogP contribution in [0, 0.1) is 0 Å². The number of alkyl halides is 2. The second-order valence-electron chi connectivity index (χ2n) is 2.33. The van der Waals surface area contributed by atoms with Crippen LogP contribution in [0.3, 0.4) is 0 Å². The molecule has 0 aliphatic heterocycles. The van der Waals surface area contributed by atoms with Crippen LogP contribution in [0.2, 0.25) is 0 Å². The SMILES string of the molecule is Nc1cnn(CC(F)F)c1C(=O)O. The van der Waals surface area contributed by atoms with Gasteiger partial charge in [0.2, 0.25) is 0 Å². The lowest BCUT2D eigenvalue weighted by Crippen LogP contribution is -2.15. The lowest BCUT2D eigenvalue weighted by molar-refractivity contribution is 0.0672. The molecule has 0 saturated carbocycles. The van der Waals surface area contributed by atoms with E-state index in [-0.39, 0.29) is 5.69 Å². The van der Waals surface area contributed by atoms with Crippen LogP contribution in [-0.4, -0.2) is 27.3 Å². The quantitative estimate of drug-likeness (QED) is 0.725. The van der Waals surface area contributed by atoms with Gasteiger partial charge < -0.3 is 10.8 Å². The minimum absolute atomic E-state index is 0.117. The lowest BCUT2D eigenvalue weighted by Gasteiger charge is -2.02. The van der Waals surface area contributed by atoms with Crippen LogP contribution < -0.4 is 5.73 Å². The summed E-state index contributed by atoms with van der Waals surface area (Å²) in [4.78, 5) is 10.5. The first-order valence-corrected chi connectivity index (χ1v) is 3.35. The Morgan fingerprint density at radius 3 is 2.85 bits per heavy atom. The summed E-state index contributed by atoms with van der Waals surface area (Å²) in [7, 11) is 0. The summed E-state index contributed by atoms with van der Waals surface area (Å²) in [6, 6.07) is 0. The molecule has 0 fully saturated rings. The maximum atomic E-state index is 11.9. The van der Waals surface area contributed by atoms with Crippen molar-refractivity contribution in [3.8, 4) is 0 Å². The van der Waals surface area contributed by atoms with Crippen LogP contribution in [0.5, 0.6) is 0 Å². The molecule has 0 atom stereocenters. The molecule has 0 saturated heterocycles. The van der Waals surface area contributed by atoms with E-state index < -0.39 is 24.6 Å². The van der Waals surface area contributed by atoms with Crippen LogP contribution in [0.15, 0.2) is 6.20 Å². The molecule has 0 aliphatic carbocycles. The van der Waals surface area contributed by atoms with Gasteiger partial charge in [-0.15, -0.1) is 0 Å². The third-order valence-corrected chi connectivity index (χ3v) is 1.38. The molecule has 0 radical (unpaired) electrons. The smallest absolute Gasteiger partial charge is 0.356 e. The monoisotopic (exact) mass is 191 g/mol. The molecule has 0 spiro atoms. The number of hydrogen-bond acceptors (Lipinski definition) is 3. The molecule has 3 N–H and O–H groups in total. The van der Waals surface area contributed by atoms with E-state index in [4.69, 9.17) is 10.8 Å². The van der Waals surface area contributed by atoms with Gasteiger partial charge in [-0.2, -0.15) is 5.10 Å². The number of anilines is 1. The molecule has 1 aromatic heterocycles. The highest BCUT2D eigenvalue weighted by molar-refractivity contribution is 5.91. The number of hydrogen-bond donors (Lipinski definition) is 2. The Morgan fingerprint density at radius 1 is 1.77 bits per heavy atom. The summed E-state index contributed by atoms with van der Waals surface area (Å²) in [5, 5.41) is 12.0. The molecular weight excluding hydrogens is 184 g/mol. The molecule has 0 unspecified atom stereocenters. The molecule has 7 heteroatoms. The van der Waals surface area contributed by atoms with Gasteiger partial charge in [0.25, 0.3) is 6.43 Å². The van der Waals surface area contributed by atoms with Crippen molar-refractivity contribution in [2.24, 2.45) is 0 Å². The molecule has 72 valence electrons. The fraction of sp³-hybridized carbons (Fsp3) is 0.333. The number of aromatic nitrogens is 2. The van der Waals surface area contributed by atoms with E-state index >= 15 is 0 Å². The first-order chi connectivity index (χ1) is 6.02. The van der Waals surface area contributed by atoms with Crippen LogP contribution in [-0.2, 0) is 6.54 Å². The molecular formula is C6H7F2N3O2. The van der Waals surface area contributed by atoms with E-state index in [1.807, 2.05) is 0 Å². The maximum Gasteiger partial charge on any atom is 0.356 e. The number of nitrogens with zero attached hydrogens (tertiary/aromatic N) is 2. The van der Waals surface area contributed by atoms with Gasteiger partial charge >= 0.3 is 5.97 Å². The molecule has 0 bridgehead atoms. The van der Waals surface area contributed by atoms with Gasteiger partial charge in [-0.1, -0.05) is 0 Å². The summed E-state index contributed by atoms with van der Waals surface area (Å²) in [5.74, 6) is -1.37. The standard InChI is InChI=1S/C6H7F2N3O2/c7-4(8)2-11-5(6(12)13)3(9)1-10-11/h1,4H,2,9H2,(H,12,13). The van der Waals surface area contributed by atoms with Gasteiger partial charge in [0.15, 0.2) is 5.69 Å². The summed E-state index contributed by atoms with van der Waals surface area (Å²) >= 11 is 0. The zero-order chi connectivity index (χ0) is 10.0. The Hall–Kier alpha value is -1.66. The Labute approximate surface area is 71.8 Å². The summed E-state index contributed by atoms with van der Waals surface area (Å²) < 4.78 is 24.4. The van der Waals surface area contributed by atoms with Gasteiger partial charge in [-0.05, 0) is 0 Å². The largest absolute Gasteiger partial charge is 0.476 e. The molecule has 1 rings (SSSR count). The molecule has 13 heavy (non-hydrogen) atoms. The minimum atomic E-state index is -2.66. The Balaban J connectivity index is 3.00. The molecule has 1 heterocycles. The number of nitrogen functional groups attached to an aromatic ring is 1. The Kier molecular flexibility index (Phi) is 2.45. The van der Waals surface area contributed by atoms with E-state index in [1.54, 1.807) is 0 Å². The zero-order valence-electron chi connectivity index (χ0n) is 6.44. The van der Waals surface area contributed by atoms with Gasteiger partial charge in [-0.3, -0.25) is 4.68 Å². The van der Waals surface area contributed by atoms with Crippen molar-refractivity contribution in [3.05, 3.63) is 11.9 Å². The van der Waals surface area contributed by atoms with Crippen molar-refractivity contribution in [1.82, 2.24) is 9.78 Å². The van der Waals surface area contributed by atoms with Gasteiger partial charge in [0, 0.05) is 0 Å². The van der Waals surface area contributed by atoms with Crippen molar-refractivity contribution in [1.29, 1.82) is 0 Å². The van der Waals surface area contributed by atoms with E-state index in [0.717, 1.165) is 6.20 Å². The predicted octanol–water partition coefficient (Wildman–Crippen LogP) is 0.429. The number of rotatable bonds is 3. The zero-order valence-corrected chi connectivity index (χ0v) is 6.44. The van der Waals surface area contributed by atoms with Crippen LogP contribution in [0.4, 0.5) is 14.5 Å². The molecule has 0 amide bonds.